The minimum absolute atomic E-state index is 0.0234. The predicted octanol–water partition coefficient (Wildman–Crippen LogP) is 5.75. The zero-order valence-electron chi connectivity index (χ0n) is 20.5. The highest BCUT2D eigenvalue weighted by atomic mass is 19.4. The van der Waals surface area contributed by atoms with Gasteiger partial charge in [0, 0.05) is 44.3 Å². The van der Waals surface area contributed by atoms with Crippen LogP contribution in [0.4, 0.5) is 13.2 Å². The number of halogens is 3. The van der Waals surface area contributed by atoms with E-state index < -0.39 is 11.7 Å². The maximum atomic E-state index is 13.0. The van der Waals surface area contributed by atoms with Crippen LogP contribution in [0.15, 0.2) is 30.9 Å². The largest absolute Gasteiger partial charge is 0.416 e. The van der Waals surface area contributed by atoms with E-state index in [1.165, 1.54) is 6.07 Å². The lowest BCUT2D eigenvalue weighted by Gasteiger charge is -2.31. The monoisotopic (exact) mass is 480 g/mol. The van der Waals surface area contributed by atoms with Gasteiger partial charge in [0.1, 0.15) is 0 Å². The molecular weight excluding hydrogens is 441 g/mol. The summed E-state index contributed by atoms with van der Waals surface area (Å²) in [4.78, 5) is 14.7. The van der Waals surface area contributed by atoms with Gasteiger partial charge in [0.25, 0.3) is 0 Å². The molecule has 4 rings (SSSR count). The first kappa shape index (κ1) is 26.7. The molecule has 2 fully saturated rings. The molecule has 1 saturated carbocycles. The van der Waals surface area contributed by atoms with E-state index in [1.807, 2.05) is 6.08 Å². The summed E-state index contributed by atoms with van der Waals surface area (Å²) in [6.07, 6.45) is 4.04. The molecule has 2 atom stereocenters. The van der Waals surface area contributed by atoms with Crippen LogP contribution in [0.5, 0.6) is 0 Å². The smallest absolute Gasteiger partial charge is 0.381 e. The van der Waals surface area contributed by atoms with Crippen molar-refractivity contribution < 1.29 is 22.7 Å². The van der Waals surface area contributed by atoms with Crippen LogP contribution in [-0.4, -0.2) is 42.6 Å². The summed E-state index contributed by atoms with van der Waals surface area (Å²) in [7, 11) is 0. The number of amides is 1. The second-order valence-electron chi connectivity index (χ2n) is 10.2. The molecule has 2 aliphatic heterocycles. The number of carbonyl (C=O) groups excluding carboxylic acids is 1. The van der Waals surface area contributed by atoms with E-state index in [1.54, 1.807) is 11.0 Å². The van der Waals surface area contributed by atoms with E-state index in [0.29, 0.717) is 30.6 Å². The van der Waals surface area contributed by atoms with Crippen LogP contribution < -0.4 is 5.32 Å². The number of nitrogens with one attached hydrogen (secondary N) is 1. The number of ether oxygens (including phenoxy) is 1. The highest BCUT2D eigenvalue weighted by Crippen LogP contribution is 2.34. The molecule has 1 aromatic rings. The molecule has 1 amide bonds. The molecule has 4 nitrogen and oxygen atoms in total. The van der Waals surface area contributed by atoms with Crippen molar-refractivity contribution in [3.05, 3.63) is 47.5 Å². The van der Waals surface area contributed by atoms with E-state index in [2.05, 4.69) is 25.7 Å². The highest BCUT2D eigenvalue weighted by Gasteiger charge is 2.36. The van der Waals surface area contributed by atoms with Gasteiger partial charge in [-0.15, -0.1) is 6.58 Å². The maximum Gasteiger partial charge on any atom is 0.416 e. The number of benzene rings is 1. The van der Waals surface area contributed by atoms with Crippen LogP contribution in [0.2, 0.25) is 0 Å². The van der Waals surface area contributed by atoms with Crippen LogP contribution in [0.25, 0.3) is 0 Å². The van der Waals surface area contributed by atoms with Gasteiger partial charge >= 0.3 is 6.18 Å². The average Bonchev–Trinajstić information content (AvgIpc) is 3.26. The number of nitrogens with zero attached hydrogens (tertiary/aromatic N) is 1. The van der Waals surface area contributed by atoms with Crippen LogP contribution in [-0.2, 0) is 28.7 Å². The molecule has 0 radical (unpaired) electrons. The zero-order chi connectivity index (χ0) is 24.7. The fourth-order valence-corrected chi connectivity index (χ4v) is 5.07. The lowest BCUT2D eigenvalue weighted by molar-refractivity contribution is -0.137. The number of rotatable bonds is 5. The number of fused-ring (bicyclic) bond motifs is 1. The summed E-state index contributed by atoms with van der Waals surface area (Å²) in [6.45, 7) is 10.4. The molecule has 1 aromatic carbocycles. The van der Waals surface area contributed by atoms with Gasteiger partial charge in [-0.2, -0.15) is 13.2 Å². The molecule has 1 aliphatic carbocycles. The van der Waals surface area contributed by atoms with Crippen molar-refractivity contribution in [2.24, 2.45) is 11.8 Å². The summed E-state index contributed by atoms with van der Waals surface area (Å²) in [5.74, 6) is 0.853. The Morgan fingerprint density at radius 2 is 1.91 bits per heavy atom. The fraction of sp³-hybridized carbons (Fsp3) is 0.667. The second-order valence-corrected chi connectivity index (χ2v) is 10.2. The van der Waals surface area contributed by atoms with Crippen molar-refractivity contribution in [2.75, 3.05) is 19.8 Å². The Bertz CT molecular complexity index is 819. The quantitative estimate of drug-likeness (QED) is 0.546. The molecule has 2 heterocycles. The normalized spacial score (nSPS) is 23.3. The second kappa shape index (κ2) is 12.2. The first-order valence-corrected chi connectivity index (χ1v) is 12.6. The number of hydrogen-bond donors (Lipinski definition) is 1. The molecule has 1 N–H and O–H groups in total. The van der Waals surface area contributed by atoms with Gasteiger partial charge in [-0.05, 0) is 74.1 Å². The topological polar surface area (TPSA) is 41.6 Å². The summed E-state index contributed by atoms with van der Waals surface area (Å²) >= 11 is 0. The maximum absolute atomic E-state index is 13.0. The predicted molar refractivity (Wildman–Crippen MR) is 128 cm³/mol. The Balaban J connectivity index is 0.000000481. The van der Waals surface area contributed by atoms with Crippen molar-refractivity contribution in [3.63, 3.8) is 0 Å². The fourth-order valence-electron chi connectivity index (χ4n) is 5.07. The van der Waals surface area contributed by atoms with Gasteiger partial charge in [0.15, 0.2) is 0 Å². The van der Waals surface area contributed by atoms with Gasteiger partial charge in [-0.3, -0.25) is 4.79 Å². The molecule has 0 bridgehead atoms. The summed E-state index contributed by atoms with van der Waals surface area (Å²) in [5.41, 5.74) is 0.911. The lowest BCUT2D eigenvalue weighted by atomic mass is 9.95. The van der Waals surface area contributed by atoms with Crippen molar-refractivity contribution in [1.29, 1.82) is 0 Å². The minimum atomic E-state index is -4.35. The number of allylic oxidation sites excluding steroid dienone is 1. The molecule has 34 heavy (non-hydrogen) atoms. The van der Waals surface area contributed by atoms with Crippen molar-refractivity contribution >= 4 is 5.91 Å². The SMILES string of the molecule is C=CCC(C)C.O=C(C1CCC(NC2CCOCC2)C1)N1CCc2ccc(C(F)(F)F)cc2C1. The molecule has 190 valence electrons. The van der Waals surface area contributed by atoms with Crippen LogP contribution in [0.1, 0.15) is 69.1 Å². The Morgan fingerprint density at radius 1 is 1.18 bits per heavy atom. The summed E-state index contributed by atoms with van der Waals surface area (Å²) in [6, 6.07) is 4.73. The van der Waals surface area contributed by atoms with E-state index in [9.17, 15) is 18.0 Å². The van der Waals surface area contributed by atoms with Crippen LogP contribution in [0.3, 0.4) is 0 Å². The van der Waals surface area contributed by atoms with Crippen LogP contribution in [0, 0.1) is 11.8 Å². The van der Waals surface area contributed by atoms with E-state index in [-0.39, 0.29) is 18.4 Å². The number of carbonyl (C=O) groups is 1. The molecule has 0 spiro atoms. The van der Waals surface area contributed by atoms with Gasteiger partial charge in [-0.1, -0.05) is 26.0 Å². The first-order chi connectivity index (χ1) is 16.2. The molecule has 3 aliphatic rings. The Hall–Kier alpha value is -1.86. The Morgan fingerprint density at radius 3 is 2.53 bits per heavy atom. The zero-order valence-corrected chi connectivity index (χ0v) is 20.5. The lowest BCUT2D eigenvalue weighted by Crippen LogP contribution is -2.42. The Labute approximate surface area is 201 Å². The first-order valence-electron chi connectivity index (χ1n) is 12.6. The third-order valence-corrected chi connectivity index (χ3v) is 6.97. The van der Waals surface area contributed by atoms with Gasteiger partial charge in [-0.25, -0.2) is 0 Å². The van der Waals surface area contributed by atoms with Gasteiger partial charge in [0.05, 0.1) is 5.56 Å². The third-order valence-electron chi connectivity index (χ3n) is 6.97. The Kier molecular flexibility index (Phi) is 9.60. The average molecular weight is 481 g/mol. The standard InChI is InChI=1S/C21H27F3N2O2.C6H12/c22-21(23,24)17-3-1-14-5-8-26(13-16(14)11-17)20(27)15-2-4-19(12-15)25-18-6-9-28-10-7-18;1-4-5-6(2)3/h1,3,11,15,18-19,25H,2,4-10,12-13H2;4,6H,1,5H2,2-3H3. The number of alkyl halides is 3. The molecule has 0 aromatic heterocycles. The van der Waals surface area contributed by atoms with Crippen molar-refractivity contribution in [1.82, 2.24) is 10.2 Å². The van der Waals surface area contributed by atoms with Gasteiger partial charge in [0.2, 0.25) is 5.91 Å². The third kappa shape index (κ3) is 7.57. The summed E-state index contributed by atoms with van der Waals surface area (Å²) in [5, 5.41) is 3.67. The number of hydrogen-bond acceptors (Lipinski definition) is 3. The van der Waals surface area contributed by atoms with Crippen molar-refractivity contribution in [2.45, 2.75) is 83.6 Å². The van der Waals surface area contributed by atoms with E-state index in [0.717, 1.165) is 69.3 Å². The molecule has 1 saturated heterocycles. The minimum Gasteiger partial charge on any atom is -0.381 e. The summed E-state index contributed by atoms with van der Waals surface area (Å²) < 4.78 is 44.4. The van der Waals surface area contributed by atoms with Gasteiger partial charge < -0.3 is 15.0 Å². The van der Waals surface area contributed by atoms with Crippen molar-refractivity contribution in [3.8, 4) is 0 Å². The van der Waals surface area contributed by atoms with E-state index in [4.69, 9.17) is 4.74 Å². The van der Waals surface area contributed by atoms with Crippen LogP contribution >= 0.6 is 0 Å². The molecule has 7 heteroatoms. The highest BCUT2D eigenvalue weighted by molar-refractivity contribution is 5.79. The van der Waals surface area contributed by atoms with E-state index >= 15 is 0 Å². The molecule has 2 unspecified atom stereocenters. The molecular formula is C27H39F3N2O2.